The molecular formula is C15H24O. The van der Waals surface area contributed by atoms with Gasteiger partial charge in [-0.25, -0.2) is 0 Å². The zero-order chi connectivity index (χ0) is 12.6. The number of rotatable bonds is 3. The van der Waals surface area contributed by atoms with Gasteiger partial charge in [0.1, 0.15) is 0 Å². The molecule has 1 rings (SSSR count). The number of hydrogen-bond acceptors (Lipinski definition) is 1. The fraction of sp³-hybridized carbons (Fsp3) is 0.600. The number of allylic oxidation sites excluding steroid dienone is 2. The van der Waals surface area contributed by atoms with Crippen molar-refractivity contribution in [2.24, 2.45) is 11.3 Å². The van der Waals surface area contributed by atoms with Crippen LogP contribution in [0.1, 0.15) is 40.0 Å². The van der Waals surface area contributed by atoms with Crippen molar-refractivity contribution in [3.05, 3.63) is 37.0 Å². The fourth-order valence-corrected chi connectivity index (χ4v) is 2.69. The molecule has 1 aliphatic carbocycles. The van der Waals surface area contributed by atoms with E-state index in [-0.39, 0.29) is 5.41 Å². The van der Waals surface area contributed by atoms with Crippen LogP contribution in [-0.4, -0.2) is 10.7 Å². The summed E-state index contributed by atoms with van der Waals surface area (Å²) in [6.45, 7) is 18.1. The van der Waals surface area contributed by atoms with E-state index in [9.17, 15) is 5.11 Å². The van der Waals surface area contributed by atoms with Gasteiger partial charge in [-0.15, -0.1) is 6.58 Å². The smallest absolute Gasteiger partial charge is 0.0857 e. The van der Waals surface area contributed by atoms with Gasteiger partial charge < -0.3 is 5.11 Å². The van der Waals surface area contributed by atoms with Crippen molar-refractivity contribution in [2.45, 2.75) is 45.6 Å². The minimum absolute atomic E-state index is 0.0630. The molecule has 0 aromatic rings. The minimum atomic E-state index is -0.716. The summed E-state index contributed by atoms with van der Waals surface area (Å²) in [5.41, 5.74) is 1.34. The molecule has 16 heavy (non-hydrogen) atoms. The van der Waals surface area contributed by atoms with Gasteiger partial charge in [0.05, 0.1) is 5.60 Å². The highest BCUT2D eigenvalue weighted by Crippen LogP contribution is 2.50. The quantitative estimate of drug-likeness (QED) is 0.716. The first-order valence-corrected chi connectivity index (χ1v) is 5.92. The highest BCUT2D eigenvalue weighted by atomic mass is 16.3. The molecule has 0 radical (unpaired) electrons. The summed E-state index contributed by atoms with van der Waals surface area (Å²) in [5.74, 6) is 0.292. The van der Waals surface area contributed by atoms with Crippen molar-refractivity contribution in [3.8, 4) is 0 Å². The molecule has 0 aromatic heterocycles. The molecule has 0 aromatic carbocycles. The monoisotopic (exact) mass is 220 g/mol. The predicted octanol–water partition coefficient (Wildman–Crippen LogP) is 3.86. The van der Waals surface area contributed by atoms with E-state index in [1.165, 1.54) is 0 Å². The normalized spacial score (nSPS) is 39.1. The predicted molar refractivity (Wildman–Crippen MR) is 70.2 cm³/mol. The summed E-state index contributed by atoms with van der Waals surface area (Å²) in [5, 5.41) is 10.5. The van der Waals surface area contributed by atoms with Crippen molar-refractivity contribution in [1.82, 2.24) is 0 Å². The van der Waals surface area contributed by atoms with Crippen LogP contribution in [0, 0.1) is 11.3 Å². The summed E-state index contributed by atoms with van der Waals surface area (Å²) in [6, 6.07) is 0. The third-order valence-corrected chi connectivity index (χ3v) is 4.27. The first-order chi connectivity index (χ1) is 7.25. The Hall–Kier alpha value is -0.820. The molecule has 1 N–H and O–H groups in total. The molecule has 90 valence electrons. The minimum Gasteiger partial charge on any atom is -0.386 e. The van der Waals surface area contributed by atoms with Crippen molar-refractivity contribution in [3.63, 3.8) is 0 Å². The van der Waals surface area contributed by atoms with E-state index >= 15 is 0 Å². The Kier molecular flexibility index (Phi) is 3.49. The molecule has 1 aliphatic rings. The molecular weight excluding hydrogens is 196 g/mol. The molecule has 0 saturated heterocycles. The largest absolute Gasteiger partial charge is 0.386 e. The molecule has 1 nitrogen and oxygen atoms in total. The van der Waals surface area contributed by atoms with Gasteiger partial charge in [0.25, 0.3) is 0 Å². The van der Waals surface area contributed by atoms with Crippen LogP contribution < -0.4 is 0 Å². The Morgan fingerprint density at radius 1 is 1.31 bits per heavy atom. The van der Waals surface area contributed by atoms with Crippen LogP contribution in [0.2, 0.25) is 0 Å². The van der Waals surface area contributed by atoms with Gasteiger partial charge >= 0.3 is 0 Å². The highest BCUT2D eigenvalue weighted by Gasteiger charge is 2.45. The van der Waals surface area contributed by atoms with E-state index in [0.29, 0.717) is 5.92 Å². The summed E-state index contributed by atoms with van der Waals surface area (Å²) in [4.78, 5) is 0. The second-order valence-electron chi connectivity index (χ2n) is 5.62. The van der Waals surface area contributed by atoms with Crippen LogP contribution in [0.25, 0.3) is 0 Å². The first-order valence-electron chi connectivity index (χ1n) is 5.92. The maximum absolute atomic E-state index is 10.5. The van der Waals surface area contributed by atoms with Gasteiger partial charge in [0, 0.05) is 0 Å². The lowest BCUT2D eigenvalue weighted by Gasteiger charge is -2.47. The molecule has 1 fully saturated rings. The van der Waals surface area contributed by atoms with Crippen LogP contribution in [0.15, 0.2) is 37.0 Å². The topological polar surface area (TPSA) is 20.2 Å². The lowest BCUT2D eigenvalue weighted by Crippen LogP contribution is -2.44. The van der Waals surface area contributed by atoms with Gasteiger partial charge in [0.15, 0.2) is 0 Å². The average molecular weight is 220 g/mol. The molecule has 0 heterocycles. The van der Waals surface area contributed by atoms with Crippen molar-refractivity contribution in [1.29, 1.82) is 0 Å². The van der Waals surface area contributed by atoms with Crippen LogP contribution in [0.3, 0.4) is 0 Å². The molecule has 0 unspecified atom stereocenters. The summed E-state index contributed by atoms with van der Waals surface area (Å²) >= 11 is 0. The van der Waals surface area contributed by atoms with Crippen molar-refractivity contribution in [2.75, 3.05) is 0 Å². The third kappa shape index (κ3) is 2.15. The Balaban J connectivity index is 3.02. The van der Waals surface area contributed by atoms with E-state index in [4.69, 9.17) is 0 Å². The van der Waals surface area contributed by atoms with Gasteiger partial charge in [-0.1, -0.05) is 31.7 Å². The fourth-order valence-electron chi connectivity index (χ4n) is 2.69. The zero-order valence-electron chi connectivity index (χ0n) is 10.8. The molecule has 1 heteroatoms. The van der Waals surface area contributed by atoms with Gasteiger partial charge in [-0.2, -0.15) is 0 Å². The Bertz CT molecular complexity index is 328. The zero-order valence-corrected chi connectivity index (χ0v) is 10.8. The summed E-state index contributed by atoms with van der Waals surface area (Å²) in [7, 11) is 0. The van der Waals surface area contributed by atoms with E-state index in [1.54, 1.807) is 0 Å². The second-order valence-corrected chi connectivity index (χ2v) is 5.62. The van der Waals surface area contributed by atoms with Crippen LogP contribution >= 0.6 is 0 Å². The maximum atomic E-state index is 10.5. The van der Waals surface area contributed by atoms with E-state index in [2.05, 4.69) is 26.7 Å². The number of hydrogen-bond donors (Lipinski definition) is 1. The van der Waals surface area contributed by atoms with Crippen LogP contribution in [-0.2, 0) is 0 Å². The molecule has 0 aliphatic heterocycles. The van der Waals surface area contributed by atoms with E-state index in [1.807, 2.05) is 19.9 Å². The SMILES string of the molecule is C=C[C@]1(C)CC[C@@](O)(C(=C)C)C[C@H]1C(=C)C. The molecule has 1 saturated carbocycles. The van der Waals surface area contributed by atoms with Crippen LogP contribution in [0.5, 0.6) is 0 Å². The Labute approximate surface area is 99.6 Å². The molecule has 0 bridgehead atoms. The van der Waals surface area contributed by atoms with E-state index in [0.717, 1.165) is 30.4 Å². The van der Waals surface area contributed by atoms with Gasteiger partial charge in [-0.05, 0) is 50.0 Å². The van der Waals surface area contributed by atoms with E-state index < -0.39 is 5.60 Å². The maximum Gasteiger partial charge on any atom is 0.0857 e. The lowest BCUT2D eigenvalue weighted by atomic mass is 9.60. The van der Waals surface area contributed by atoms with Crippen molar-refractivity contribution >= 4 is 0 Å². The highest BCUT2D eigenvalue weighted by molar-refractivity contribution is 5.20. The standard InChI is InChI=1S/C15H24O/c1-7-14(6)8-9-15(16,12(4)5)10-13(14)11(2)3/h7,13,16H,1-2,4,8-10H2,3,5-6H3/t13-,14+,15-/m0/s1. The molecule has 0 spiro atoms. The number of aliphatic hydroxyl groups is 1. The van der Waals surface area contributed by atoms with Crippen LogP contribution in [0.4, 0.5) is 0 Å². The lowest BCUT2D eigenvalue weighted by molar-refractivity contribution is -0.0118. The third-order valence-electron chi connectivity index (χ3n) is 4.27. The second kappa shape index (κ2) is 4.21. The van der Waals surface area contributed by atoms with Crippen molar-refractivity contribution < 1.29 is 5.11 Å². The molecule has 0 amide bonds. The Morgan fingerprint density at radius 3 is 2.25 bits per heavy atom. The first kappa shape index (κ1) is 13.2. The summed E-state index contributed by atoms with van der Waals surface area (Å²) in [6.07, 6.45) is 4.45. The van der Waals surface area contributed by atoms with Gasteiger partial charge in [0.2, 0.25) is 0 Å². The molecule has 3 atom stereocenters. The average Bonchev–Trinajstić information content (AvgIpc) is 2.21. The van der Waals surface area contributed by atoms with Gasteiger partial charge in [-0.3, -0.25) is 0 Å². The Morgan fingerprint density at radius 2 is 1.88 bits per heavy atom. The summed E-state index contributed by atoms with van der Waals surface area (Å²) < 4.78 is 0.